The van der Waals surface area contributed by atoms with Gasteiger partial charge in [0.1, 0.15) is 5.75 Å². The largest absolute Gasteiger partial charge is 0.472 e. The van der Waals surface area contributed by atoms with E-state index in [0.717, 1.165) is 39.0 Å². The summed E-state index contributed by atoms with van der Waals surface area (Å²) in [7, 11) is 0. The first-order valence-corrected chi connectivity index (χ1v) is 9.30. The molecule has 5 nitrogen and oxygen atoms in total. The number of ketones is 1. The fourth-order valence-corrected chi connectivity index (χ4v) is 4.99. The number of nitrogens with one attached hydrogen (secondary N) is 1. The number of fused-ring (bicyclic) bond motifs is 3. The average Bonchev–Trinajstić information content (AvgIpc) is 2.94. The fourth-order valence-electron chi connectivity index (χ4n) is 4.99. The minimum atomic E-state index is -0.911. The Labute approximate surface area is 162 Å². The molecule has 2 aliphatic carbocycles. The highest BCUT2D eigenvalue weighted by molar-refractivity contribution is 6.24. The second kappa shape index (κ2) is 5.19. The molecule has 5 rings (SSSR count). The summed E-state index contributed by atoms with van der Waals surface area (Å²) in [6, 6.07) is 0. The van der Waals surface area contributed by atoms with E-state index < -0.39 is 11.5 Å². The van der Waals surface area contributed by atoms with Gasteiger partial charge in [-0.25, -0.2) is 0 Å². The van der Waals surface area contributed by atoms with Crippen LogP contribution in [-0.4, -0.2) is 23.2 Å². The van der Waals surface area contributed by atoms with E-state index in [0.29, 0.717) is 16.9 Å². The number of amides is 2. The molecule has 2 aliphatic heterocycles. The molecule has 0 saturated carbocycles. The van der Waals surface area contributed by atoms with Crippen molar-refractivity contribution in [2.45, 2.75) is 39.7 Å². The van der Waals surface area contributed by atoms with Crippen molar-refractivity contribution in [3.63, 3.8) is 0 Å². The summed E-state index contributed by atoms with van der Waals surface area (Å²) in [4.78, 5) is 37.1. The highest BCUT2D eigenvalue weighted by Crippen LogP contribution is 2.54. The maximum absolute atomic E-state index is 12.6. The molecule has 0 bridgehead atoms. The topological polar surface area (TPSA) is 72.5 Å². The molecule has 0 fully saturated rings. The molecule has 1 aromatic carbocycles. The molecule has 1 atom stereocenters. The van der Waals surface area contributed by atoms with E-state index in [4.69, 9.17) is 4.74 Å². The smallest absolute Gasteiger partial charge is 0.262 e. The predicted molar refractivity (Wildman–Crippen MR) is 104 cm³/mol. The molecule has 5 heteroatoms. The van der Waals surface area contributed by atoms with Gasteiger partial charge in [-0.05, 0) is 67.7 Å². The quantitative estimate of drug-likeness (QED) is 0.707. The zero-order valence-corrected chi connectivity index (χ0v) is 16.1. The number of hydrogen-bond acceptors (Lipinski definition) is 4. The molecule has 2 amide bonds. The summed E-state index contributed by atoms with van der Waals surface area (Å²) in [5.41, 5.74) is 6.28. The Morgan fingerprint density at radius 1 is 0.929 bits per heavy atom. The van der Waals surface area contributed by atoms with E-state index >= 15 is 0 Å². The number of rotatable bonds is 0. The van der Waals surface area contributed by atoms with Crippen molar-refractivity contribution in [3.8, 4) is 5.75 Å². The van der Waals surface area contributed by atoms with Gasteiger partial charge in [-0.2, -0.15) is 0 Å². The minimum Gasteiger partial charge on any atom is -0.472 e. The first-order chi connectivity index (χ1) is 13.3. The third-order valence-corrected chi connectivity index (χ3v) is 6.36. The van der Waals surface area contributed by atoms with Gasteiger partial charge in [0.2, 0.25) is 0 Å². The number of allylic oxidation sites excluding steroid dienone is 4. The monoisotopic (exact) mass is 373 g/mol. The van der Waals surface area contributed by atoms with Gasteiger partial charge in [0, 0.05) is 17.6 Å². The first kappa shape index (κ1) is 16.9. The maximum Gasteiger partial charge on any atom is 0.262 e. The van der Waals surface area contributed by atoms with Crippen LogP contribution in [0.5, 0.6) is 5.75 Å². The van der Waals surface area contributed by atoms with E-state index in [2.05, 4.69) is 5.32 Å². The van der Waals surface area contributed by atoms with E-state index in [1.165, 1.54) is 0 Å². The lowest BCUT2D eigenvalue weighted by atomic mass is 9.69. The Hall–Kier alpha value is -3.21. The summed E-state index contributed by atoms with van der Waals surface area (Å²) in [6.07, 6.45) is 7.56. The molecule has 0 radical (unpaired) electrons. The Kier molecular flexibility index (Phi) is 3.14. The summed E-state index contributed by atoms with van der Waals surface area (Å²) in [6.45, 7) is 7.87. The van der Waals surface area contributed by atoms with Crippen molar-refractivity contribution in [2.75, 3.05) is 0 Å². The SMILES string of the molecule is CC1=CC=C2CC(=O)C=CC23Oc2c(c(C)c(C)c4c2C(=O)NC4=O)C(C)=C13. The van der Waals surface area contributed by atoms with Gasteiger partial charge in [-0.1, -0.05) is 12.2 Å². The van der Waals surface area contributed by atoms with E-state index in [1.54, 1.807) is 12.2 Å². The number of ether oxygens (including phenoxy) is 1. The second-order valence-corrected chi connectivity index (χ2v) is 7.84. The Balaban J connectivity index is 1.92. The molecule has 1 spiro atoms. The average molecular weight is 373 g/mol. The van der Waals surface area contributed by atoms with Crippen LogP contribution in [0, 0.1) is 13.8 Å². The van der Waals surface area contributed by atoms with Crippen LogP contribution in [0.15, 0.2) is 41.0 Å². The van der Waals surface area contributed by atoms with Crippen LogP contribution in [0.25, 0.3) is 5.57 Å². The summed E-state index contributed by atoms with van der Waals surface area (Å²) in [5, 5.41) is 2.40. The van der Waals surface area contributed by atoms with Crippen LogP contribution < -0.4 is 10.1 Å². The van der Waals surface area contributed by atoms with Crippen LogP contribution in [-0.2, 0) is 4.79 Å². The summed E-state index contributed by atoms with van der Waals surface area (Å²) < 4.78 is 6.59. The Morgan fingerprint density at radius 2 is 1.61 bits per heavy atom. The van der Waals surface area contributed by atoms with Gasteiger partial charge in [0.05, 0.1) is 11.1 Å². The molecular formula is C23H19NO4. The van der Waals surface area contributed by atoms with E-state index in [1.807, 2.05) is 39.8 Å². The molecule has 28 heavy (non-hydrogen) atoms. The fraction of sp³-hybridized carbons (Fsp3) is 0.261. The molecule has 1 aromatic rings. The number of benzene rings is 1. The van der Waals surface area contributed by atoms with Crippen LogP contribution in [0.3, 0.4) is 0 Å². The molecule has 1 N–H and O–H groups in total. The van der Waals surface area contributed by atoms with Crippen LogP contribution in [0.2, 0.25) is 0 Å². The highest BCUT2D eigenvalue weighted by Gasteiger charge is 2.49. The Morgan fingerprint density at radius 3 is 2.36 bits per heavy atom. The summed E-state index contributed by atoms with van der Waals surface area (Å²) in [5.74, 6) is -0.366. The highest BCUT2D eigenvalue weighted by atomic mass is 16.5. The van der Waals surface area contributed by atoms with Crippen LogP contribution >= 0.6 is 0 Å². The van der Waals surface area contributed by atoms with Crippen LogP contribution in [0.4, 0.5) is 0 Å². The van der Waals surface area contributed by atoms with Crippen molar-refractivity contribution < 1.29 is 19.1 Å². The standard InChI is InChI=1S/C23H19NO4/c1-10-5-6-14-9-15(25)7-8-23(14)19(10)13(4)16-11(2)12(3)17-18(20(16)28-23)22(27)24-21(17)26/h5-8H,9H2,1-4H3,(H,24,26,27). The van der Waals surface area contributed by atoms with Crippen molar-refractivity contribution in [1.82, 2.24) is 5.32 Å². The van der Waals surface area contributed by atoms with E-state index in [-0.39, 0.29) is 18.1 Å². The molecule has 140 valence electrons. The second-order valence-electron chi connectivity index (χ2n) is 7.84. The van der Waals surface area contributed by atoms with E-state index in [9.17, 15) is 14.4 Å². The lowest BCUT2D eigenvalue weighted by Gasteiger charge is -2.45. The van der Waals surface area contributed by atoms with Crippen molar-refractivity contribution in [1.29, 1.82) is 0 Å². The molecule has 0 saturated heterocycles. The molecule has 2 heterocycles. The number of imide groups is 1. The van der Waals surface area contributed by atoms with Gasteiger partial charge >= 0.3 is 0 Å². The Bertz CT molecular complexity index is 1180. The number of hydrogen-bond donors (Lipinski definition) is 1. The summed E-state index contributed by atoms with van der Waals surface area (Å²) >= 11 is 0. The van der Waals surface area contributed by atoms with Crippen molar-refractivity contribution >= 4 is 23.2 Å². The minimum absolute atomic E-state index is 0.0227. The van der Waals surface area contributed by atoms with Gasteiger partial charge in [-0.3, -0.25) is 19.7 Å². The van der Waals surface area contributed by atoms with Gasteiger partial charge in [0.15, 0.2) is 11.4 Å². The molecule has 4 aliphatic rings. The normalized spacial score (nSPS) is 24.6. The van der Waals surface area contributed by atoms with Crippen LogP contribution in [0.1, 0.15) is 57.7 Å². The third kappa shape index (κ3) is 1.84. The molecular weight excluding hydrogens is 354 g/mol. The number of carbonyl (C=O) groups is 3. The van der Waals surface area contributed by atoms with Gasteiger partial charge < -0.3 is 4.74 Å². The number of carbonyl (C=O) groups excluding carboxylic acids is 3. The van der Waals surface area contributed by atoms with Gasteiger partial charge in [-0.15, -0.1) is 0 Å². The van der Waals surface area contributed by atoms with Crippen molar-refractivity contribution in [2.24, 2.45) is 0 Å². The zero-order valence-electron chi connectivity index (χ0n) is 16.1. The lowest BCUT2D eigenvalue weighted by molar-refractivity contribution is -0.114. The molecule has 0 aromatic heterocycles. The third-order valence-electron chi connectivity index (χ3n) is 6.36. The lowest BCUT2D eigenvalue weighted by Crippen LogP contribution is -2.45. The maximum atomic E-state index is 12.6. The molecule has 1 unspecified atom stereocenters. The predicted octanol–water partition coefficient (Wildman–Crippen LogP) is 3.51. The first-order valence-electron chi connectivity index (χ1n) is 9.30. The van der Waals surface area contributed by atoms with Crippen molar-refractivity contribution in [3.05, 3.63) is 68.8 Å². The zero-order chi connectivity index (χ0) is 20.0. The van der Waals surface area contributed by atoms with Gasteiger partial charge in [0.25, 0.3) is 11.8 Å².